The van der Waals surface area contributed by atoms with E-state index in [-0.39, 0.29) is 6.10 Å². The summed E-state index contributed by atoms with van der Waals surface area (Å²) < 4.78 is 2.27. The molecule has 3 rings (SSSR count). The third kappa shape index (κ3) is 2.01. The van der Waals surface area contributed by atoms with Crippen LogP contribution in [0.2, 0.25) is 0 Å². The summed E-state index contributed by atoms with van der Waals surface area (Å²) in [6.45, 7) is 0.906. The van der Waals surface area contributed by atoms with Crippen LogP contribution in [0.15, 0.2) is 42.6 Å². The van der Waals surface area contributed by atoms with Gasteiger partial charge in [0.1, 0.15) is 0 Å². The van der Waals surface area contributed by atoms with Gasteiger partial charge in [0.2, 0.25) is 0 Å². The lowest BCUT2D eigenvalue weighted by atomic mass is 9.95. The van der Waals surface area contributed by atoms with Crippen molar-refractivity contribution in [3.8, 4) is 0 Å². The molecular weight excluding hydrogens is 210 g/mol. The highest BCUT2D eigenvalue weighted by molar-refractivity contribution is 5.28. The number of aromatic nitrogens is 1. The summed E-state index contributed by atoms with van der Waals surface area (Å²) in [5.41, 5.74) is 3.76. The van der Waals surface area contributed by atoms with Crippen molar-refractivity contribution in [1.82, 2.24) is 4.57 Å². The maximum absolute atomic E-state index is 9.93. The Morgan fingerprint density at radius 3 is 2.82 bits per heavy atom. The second kappa shape index (κ2) is 4.38. The van der Waals surface area contributed by atoms with Gasteiger partial charge in [-0.15, -0.1) is 0 Å². The predicted octanol–water partition coefficient (Wildman–Crippen LogP) is 2.91. The first-order chi connectivity index (χ1) is 8.34. The van der Waals surface area contributed by atoms with Crippen molar-refractivity contribution in [2.24, 2.45) is 0 Å². The summed E-state index contributed by atoms with van der Waals surface area (Å²) in [6, 6.07) is 12.5. The van der Waals surface area contributed by atoms with Crippen molar-refractivity contribution in [3.05, 3.63) is 59.4 Å². The van der Waals surface area contributed by atoms with E-state index >= 15 is 0 Å². The van der Waals surface area contributed by atoms with Gasteiger partial charge in [-0.05, 0) is 30.9 Å². The number of fused-ring (bicyclic) bond motifs is 1. The van der Waals surface area contributed by atoms with Gasteiger partial charge >= 0.3 is 0 Å². The van der Waals surface area contributed by atoms with Crippen LogP contribution in [0.4, 0.5) is 0 Å². The highest BCUT2D eigenvalue weighted by Crippen LogP contribution is 2.30. The van der Waals surface area contributed by atoms with E-state index in [1.54, 1.807) is 0 Å². The van der Waals surface area contributed by atoms with Crippen molar-refractivity contribution >= 4 is 0 Å². The third-order valence-corrected chi connectivity index (χ3v) is 3.56. The SMILES string of the molecule is OC1CCCc2c1ccn2Cc1ccccc1. The molecule has 1 aromatic heterocycles. The van der Waals surface area contributed by atoms with E-state index in [0.29, 0.717) is 0 Å². The fourth-order valence-corrected chi connectivity index (χ4v) is 2.66. The topological polar surface area (TPSA) is 25.2 Å². The number of aliphatic hydroxyl groups excluding tert-OH is 1. The predicted molar refractivity (Wildman–Crippen MR) is 67.9 cm³/mol. The molecule has 88 valence electrons. The zero-order chi connectivity index (χ0) is 11.7. The Labute approximate surface area is 102 Å². The number of rotatable bonds is 2. The largest absolute Gasteiger partial charge is 0.388 e. The fourth-order valence-electron chi connectivity index (χ4n) is 2.66. The Balaban J connectivity index is 1.90. The van der Waals surface area contributed by atoms with Crippen molar-refractivity contribution in [3.63, 3.8) is 0 Å². The molecule has 0 saturated carbocycles. The first-order valence-electron chi connectivity index (χ1n) is 6.24. The average molecular weight is 227 g/mol. The lowest BCUT2D eigenvalue weighted by molar-refractivity contribution is 0.156. The molecule has 1 aromatic carbocycles. The highest BCUT2D eigenvalue weighted by Gasteiger charge is 2.20. The highest BCUT2D eigenvalue weighted by atomic mass is 16.3. The Morgan fingerprint density at radius 2 is 2.00 bits per heavy atom. The van der Waals surface area contributed by atoms with E-state index in [1.165, 1.54) is 11.3 Å². The maximum Gasteiger partial charge on any atom is 0.0807 e. The van der Waals surface area contributed by atoms with Crippen molar-refractivity contribution in [1.29, 1.82) is 0 Å². The molecule has 0 amide bonds. The number of hydrogen-bond donors (Lipinski definition) is 1. The second-order valence-corrected chi connectivity index (χ2v) is 4.74. The van der Waals surface area contributed by atoms with Crippen LogP contribution in [0, 0.1) is 0 Å². The zero-order valence-electron chi connectivity index (χ0n) is 9.84. The fraction of sp³-hybridized carbons (Fsp3) is 0.333. The lowest BCUT2D eigenvalue weighted by Crippen LogP contribution is -2.12. The molecule has 17 heavy (non-hydrogen) atoms. The zero-order valence-corrected chi connectivity index (χ0v) is 9.84. The number of hydrogen-bond acceptors (Lipinski definition) is 1. The van der Waals surface area contributed by atoms with E-state index in [0.717, 1.165) is 31.4 Å². The summed E-state index contributed by atoms with van der Waals surface area (Å²) in [5.74, 6) is 0. The van der Waals surface area contributed by atoms with Gasteiger partial charge in [-0.3, -0.25) is 0 Å². The number of nitrogens with zero attached hydrogens (tertiary/aromatic N) is 1. The van der Waals surface area contributed by atoms with Crippen LogP contribution in [0.1, 0.15) is 35.8 Å². The molecule has 1 atom stereocenters. The molecule has 1 unspecified atom stereocenters. The molecule has 0 radical (unpaired) electrons. The van der Waals surface area contributed by atoms with Crippen LogP contribution < -0.4 is 0 Å². The minimum absolute atomic E-state index is 0.254. The molecule has 1 aliphatic rings. The minimum Gasteiger partial charge on any atom is -0.388 e. The minimum atomic E-state index is -0.254. The molecule has 0 saturated heterocycles. The van der Waals surface area contributed by atoms with Gasteiger partial charge in [0.05, 0.1) is 6.10 Å². The molecule has 0 fully saturated rings. The molecule has 0 aliphatic heterocycles. The Bertz CT molecular complexity index is 501. The van der Waals surface area contributed by atoms with Crippen LogP contribution in [-0.4, -0.2) is 9.67 Å². The Kier molecular flexibility index (Phi) is 2.73. The normalized spacial score (nSPS) is 19.0. The quantitative estimate of drug-likeness (QED) is 0.838. The van der Waals surface area contributed by atoms with Crippen LogP contribution in [0.25, 0.3) is 0 Å². The van der Waals surface area contributed by atoms with Gasteiger partial charge in [0.15, 0.2) is 0 Å². The average Bonchev–Trinajstić information content (AvgIpc) is 2.76. The molecule has 2 aromatic rings. The number of aliphatic hydroxyl groups is 1. The van der Waals surface area contributed by atoms with E-state index in [4.69, 9.17) is 0 Å². The Hall–Kier alpha value is -1.54. The summed E-state index contributed by atoms with van der Waals surface area (Å²) in [4.78, 5) is 0. The van der Waals surface area contributed by atoms with Gasteiger partial charge < -0.3 is 9.67 Å². The van der Waals surface area contributed by atoms with Crippen LogP contribution >= 0.6 is 0 Å². The summed E-state index contributed by atoms with van der Waals surface area (Å²) in [5, 5.41) is 9.93. The van der Waals surface area contributed by atoms with Gasteiger partial charge in [-0.25, -0.2) is 0 Å². The van der Waals surface area contributed by atoms with Gasteiger partial charge in [0.25, 0.3) is 0 Å². The summed E-state index contributed by atoms with van der Waals surface area (Å²) in [7, 11) is 0. The van der Waals surface area contributed by atoms with E-state index in [1.807, 2.05) is 6.07 Å². The molecule has 1 N–H and O–H groups in total. The summed E-state index contributed by atoms with van der Waals surface area (Å²) in [6.07, 6.45) is 4.93. The molecule has 0 bridgehead atoms. The monoisotopic (exact) mass is 227 g/mol. The lowest BCUT2D eigenvalue weighted by Gasteiger charge is -2.20. The van der Waals surface area contributed by atoms with Crippen molar-refractivity contribution in [2.45, 2.75) is 31.9 Å². The molecular formula is C15H17NO. The molecule has 0 spiro atoms. The first-order valence-corrected chi connectivity index (χ1v) is 6.24. The standard InChI is InChI=1S/C15H17NO/c17-15-8-4-7-14-13(15)9-10-16(14)11-12-5-2-1-3-6-12/h1-3,5-6,9-10,15,17H,4,7-8,11H2. The van der Waals surface area contributed by atoms with Crippen LogP contribution in [0.5, 0.6) is 0 Å². The van der Waals surface area contributed by atoms with Crippen molar-refractivity contribution < 1.29 is 5.11 Å². The number of benzene rings is 1. The molecule has 1 aliphatic carbocycles. The Morgan fingerprint density at radius 1 is 1.18 bits per heavy atom. The molecule has 1 heterocycles. The smallest absolute Gasteiger partial charge is 0.0807 e. The van der Waals surface area contributed by atoms with E-state index in [9.17, 15) is 5.11 Å². The summed E-state index contributed by atoms with van der Waals surface area (Å²) >= 11 is 0. The van der Waals surface area contributed by atoms with Gasteiger partial charge in [-0.2, -0.15) is 0 Å². The van der Waals surface area contributed by atoms with Gasteiger partial charge in [0, 0.05) is 24.0 Å². The second-order valence-electron chi connectivity index (χ2n) is 4.74. The first kappa shape index (κ1) is 10.6. The maximum atomic E-state index is 9.93. The van der Waals surface area contributed by atoms with E-state index in [2.05, 4.69) is 41.1 Å². The third-order valence-electron chi connectivity index (χ3n) is 3.56. The van der Waals surface area contributed by atoms with Crippen LogP contribution in [0.3, 0.4) is 0 Å². The van der Waals surface area contributed by atoms with Gasteiger partial charge in [-0.1, -0.05) is 30.3 Å². The van der Waals surface area contributed by atoms with E-state index < -0.39 is 0 Å². The van der Waals surface area contributed by atoms with Crippen LogP contribution in [-0.2, 0) is 13.0 Å². The molecule has 2 heteroatoms. The molecule has 2 nitrogen and oxygen atoms in total. The van der Waals surface area contributed by atoms with Crippen molar-refractivity contribution in [2.75, 3.05) is 0 Å².